The number of rotatable bonds is 9. The predicted molar refractivity (Wildman–Crippen MR) is 115 cm³/mol. The highest BCUT2D eigenvalue weighted by Crippen LogP contribution is 2.36. The number of hydrogen-bond donors (Lipinski definition) is 6. The van der Waals surface area contributed by atoms with Crippen LogP contribution in [0.2, 0.25) is 0 Å². The molecule has 0 aliphatic carbocycles. The van der Waals surface area contributed by atoms with E-state index < -0.39 is 46.8 Å². The van der Waals surface area contributed by atoms with Crippen molar-refractivity contribution >= 4 is 35.2 Å². The van der Waals surface area contributed by atoms with Crippen LogP contribution in [0, 0.1) is 10.4 Å². The molecule has 2 aromatic carbocycles. The van der Waals surface area contributed by atoms with Gasteiger partial charge in [0.05, 0.1) is 6.21 Å². The Bertz CT molecular complexity index is 1240. The van der Waals surface area contributed by atoms with E-state index in [1.54, 1.807) is 0 Å². The first-order valence-electron chi connectivity index (χ1n) is 10.0. The fraction of sp³-hybridized carbons (Fsp3) is 0.158. The second-order valence-corrected chi connectivity index (χ2v) is 7.15. The van der Waals surface area contributed by atoms with Gasteiger partial charge in [0.1, 0.15) is 0 Å². The summed E-state index contributed by atoms with van der Waals surface area (Å²) in [4.78, 5) is 10.6. The number of alkyl halides is 6. The highest BCUT2D eigenvalue weighted by molar-refractivity contribution is 5.81. The normalized spacial score (nSPS) is 14.0. The number of hydrazone groups is 1. The highest BCUT2D eigenvalue weighted by atomic mass is 19.4. The number of halogens is 6. The molecule has 0 amide bonds. The lowest BCUT2D eigenvalue weighted by molar-refractivity contribution is -0.991. The number of quaternary nitrogens is 2. The summed E-state index contributed by atoms with van der Waals surface area (Å²) in [5.41, 5.74) is 2.40. The first-order valence-corrected chi connectivity index (χ1v) is 10.0. The van der Waals surface area contributed by atoms with Gasteiger partial charge in [-0.25, -0.2) is 15.8 Å². The third-order valence-electron chi connectivity index (χ3n) is 4.33. The molecule has 1 aromatic heterocycles. The van der Waals surface area contributed by atoms with Gasteiger partial charge in [-0.15, -0.1) is 0 Å². The number of hydrogen-bond acceptors (Lipinski definition) is 11. The van der Waals surface area contributed by atoms with Crippen LogP contribution in [-0.4, -0.2) is 50.0 Å². The summed E-state index contributed by atoms with van der Waals surface area (Å²) in [5.74, 6) is -1.22. The van der Waals surface area contributed by atoms with Gasteiger partial charge in [0.25, 0.3) is 12.1 Å². The van der Waals surface area contributed by atoms with Crippen LogP contribution in [0.5, 0.6) is 6.01 Å². The van der Waals surface area contributed by atoms with E-state index in [1.807, 2.05) is 0 Å². The SMILES string of the molecule is [O-][NH+](O)c1ccc(Nc2nc(NN=Cc3cccc([NH+]([O-])O)c3)nc(OC(C(F)(F)F)C(F)(F)F)n2)cc1. The largest absolute Gasteiger partial charge is 0.595 e. The zero-order valence-electron chi connectivity index (χ0n) is 18.4. The van der Waals surface area contributed by atoms with E-state index in [1.165, 1.54) is 48.5 Å². The van der Waals surface area contributed by atoms with Crippen molar-refractivity contribution in [3.8, 4) is 6.01 Å². The Hall–Kier alpha value is -4.14. The van der Waals surface area contributed by atoms with Gasteiger partial charge < -0.3 is 20.5 Å². The number of anilines is 3. The van der Waals surface area contributed by atoms with Gasteiger partial charge in [-0.2, -0.15) is 56.8 Å². The minimum atomic E-state index is -5.86. The van der Waals surface area contributed by atoms with Crippen molar-refractivity contribution < 1.29 is 51.9 Å². The molecule has 2 atom stereocenters. The summed E-state index contributed by atoms with van der Waals surface area (Å²) in [6.07, 6.45) is -14.9. The van der Waals surface area contributed by atoms with Gasteiger partial charge in [-0.3, -0.25) is 0 Å². The molecule has 13 nitrogen and oxygen atoms in total. The maximum Gasteiger partial charge on any atom is 0.434 e. The van der Waals surface area contributed by atoms with Crippen LogP contribution in [0.15, 0.2) is 53.6 Å². The summed E-state index contributed by atoms with van der Waals surface area (Å²) < 4.78 is 81.9. The third-order valence-corrected chi connectivity index (χ3v) is 4.33. The number of nitrogens with zero attached hydrogens (tertiary/aromatic N) is 4. The third kappa shape index (κ3) is 7.93. The van der Waals surface area contributed by atoms with Crippen LogP contribution in [0.4, 0.5) is 55.3 Å². The first-order chi connectivity index (χ1) is 17.7. The van der Waals surface area contributed by atoms with E-state index in [-0.39, 0.29) is 22.6 Å². The summed E-state index contributed by atoms with van der Waals surface area (Å²) in [5, 5.41) is 43.7. The Labute approximate surface area is 207 Å². The summed E-state index contributed by atoms with van der Waals surface area (Å²) in [7, 11) is 0. The van der Waals surface area contributed by atoms with Gasteiger partial charge in [-0.05, 0) is 12.1 Å². The van der Waals surface area contributed by atoms with Crippen molar-refractivity contribution in [2.24, 2.45) is 5.10 Å². The molecule has 0 fully saturated rings. The molecule has 0 aliphatic heterocycles. The topological polar surface area (TPSA) is 180 Å². The Balaban J connectivity index is 1.91. The molecule has 3 aromatic rings. The highest BCUT2D eigenvalue weighted by Gasteiger charge is 2.59. The van der Waals surface area contributed by atoms with Crippen LogP contribution in [0.3, 0.4) is 0 Å². The maximum absolute atomic E-state index is 13.0. The molecule has 6 N–H and O–H groups in total. The fourth-order valence-corrected chi connectivity index (χ4v) is 2.68. The molecule has 2 unspecified atom stereocenters. The lowest BCUT2D eigenvalue weighted by Crippen LogP contribution is -2.99. The van der Waals surface area contributed by atoms with E-state index in [9.17, 15) is 36.8 Å². The lowest BCUT2D eigenvalue weighted by Gasteiger charge is -2.22. The molecule has 204 valence electrons. The van der Waals surface area contributed by atoms with Crippen LogP contribution in [-0.2, 0) is 0 Å². The molecular formula is C19H16F6N8O5. The first kappa shape index (κ1) is 28.4. The molecule has 0 saturated heterocycles. The smallest absolute Gasteiger partial charge is 0.434 e. The zero-order valence-corrected chi connectivity index (χ0v) is 18.4. The molecule has 3 rings (SSSR count). The number of benzene rings is 2. The van der Waals surface area contributed by atoms with Gasteiger partial charge in [0.2, 0.25) is 5.95 Å². The lowest BCUT2D eigenvalue weighted by atomic mass is 10.2. The second-order valence-electron chi connectivity index (χ2n) is 7.15. The monoisotopic (exact) mass is 550 g/mol. The van der Waals surface area contributed by atoms with Crippen molar-refractivity contribution in [2.75, 3.05) is 10.7 Å². The molecular weight excluding hydrogens is 534 g/mol. The van der Waals surface area contributed by atoms with Crippen molar-refractivity contribution in [3.63, 3.8) is 0 Å². The van der Waals surface area contributed by atoms with Crippen molar-refractivity contribution in [1.29, 1.82) is 0 Å². The molecule has 0 bridgehead atoms. The minimum Gasteiger partial charge on any atom is -0.595 e. The Morgan fingerprint density at radius 2 is 1.47 bits per heavy atom. The standard InChI is InChI=1S/C19H16F6N8O5/c20-18(21,22)14(19(23,24)25)38-17-29-15(27-11-4-6-12(7-5-11)32(34)35)28-16(30-17)31-26-9-10-2-1-3-13(8-10)33(36)37/h1-9,14,32-34,36H,(H2,27,28,29,30,31). The van der Waals surface area contributed by atoms with E-state index in [4.69, 9.17) is 10.4 Å². The zero-order chi connectivity index (χ0) is 28.1. The number of aromatic nitrogens is 3. The van der Waals surface area contributed by atoms with E-state index in [2.05, 4.69) is 35.5 Å². The van der Waals surface area contributed by atoms with Crippen LogP contribution >= 0.6 is 0 Å². The predicted octanol–water partition coefficient (Wildman–Crippen LogP) is 1.74. The van der Waals surface area contributed by atoms with Crippen LogP contribution in [0.1, 0.15) is 5.56 Å². The van der Waals surface area contributed by atoms with Crippen LogP contribution < -0.4 is 25.9 Å². The van der Waals surface area contributed by atoms with E-state index in [0.717, 1.165) is 6.21 Å². The molecule has 0 radical (unpaired) electrons. The molecule has 0 aliphatic rings. The van der Waals surface area contributed by atoms with Crippen LogP contribution in [0.25, 0.3) is 0 Å². The number of ether oxygens (including phenoxy) is 1. The van der Waals surface area contributed by atoms with Gasteiger partial charge in [0.15, 0.2) is 11.4 Å². The van der Waals surface area contributed by atoms with Gasteiger partial charge in [0, 0.05) is 35.5 Å². The molecule has 0 saturated carbocycles. The molecule has 19 heteroatoms. The number of nitrogens with one attached hydrogen (secondary N) is 4. The summed E-state index contributed by atoms with van der Waals surface area (Å²) in [6, 6.07) is 8.86. The van der Waals surface area contributed by atoms with E-state index >= 15 is 0 Å². The van der Waals surface area contributed by atoms with Crippen molar-refractivity contribution in [2.45, 2.75) is 18.5 Å². The Morgan fingerprint density at radius 3 is 2.05 bits per heavy atom. The molecule has 0 spiro atoms. The Kier molecular flexibility index (Phi) is 8.60. The quantitative estimate of drug-likeness (QED) is 0.131. The molecule has 38 heavy (non-hydrogen) atoms. The van der Waals surface area contributed by atoms with Crippen molar-refractivity contribution in [3.05, 3.63) is 64.5 Å². The average molecular weight is 550 g/mol. The summed E-state index contributed by atoms with van der Waals surface area (Å²) in [6.45, 7) is 0. The van der Waals surface area contributed by atoms with Gasteiger partial charge >= 0.3 is 18.4 Å². The minimum absolute atomic E-state index is 0.0736. The summed E-state index contributed by atoms with van der Waals surface area (Å²) >= 11 is 0. The second kappa shape index (κ2) is 11.5. The average Bonchev–Trinajstić information content (AvgIpc) is 2.81. The van der Waals surface area contributed by atoms with Gasteiger partial charge in [-0.1, -0.05) is 12.1 Å². The maximum atomic E-state index is 13.0. The fourth-order valence-electron chi connectivity index (χ4n) is 2.68. The Morgan fingerprint density at radius 1 is 0.868 bits per heavy atom. The van der Waals surface area contributed by atoms with E-state index in [0.29, 0.717) is 0 Å². The molecule has 1 heterocycles. The van der Waals surface area contributed by atoms with Crippen molar-refractivity contribution in [1.82, 2.24) is 15.0 Å².